The van der Waals surface area contributed by atoms with E-state index >= 15 is 0 Å². The lowest BCUT2D eigenvalue weighted by atomic mass is 9.80. The van der Waals surface area contributed by atoms with Gasteiger partial charge in [0.05, 0.1) is 6.04 Å². The van der Waals surface area contributed by atoms with Gasteiger partial charge in [-0.3, -0.25) is 0 Å². The SMILES string of the molecule is C1=Cc2c(ccc3ccc4ccccc4c23)C(c2ccc(N(C3=CC=C4Sc5ccccc5C4C3)C3C=Cc4sc5ccccc5c4C3)cc2)C1. The van der Waals surface area contributed by atoms with Gasteiger partial charge in [0.2, 0.25) is 0 Å². The van der Waals surface area contributed by atoms with E-state index in [1.54, 1.807) is 0 Å². The van der Waals surface area contributed by atoms with Crippen LogP contribution >= 0.6 is 23.1 Å². The molecule has 0 saturated carbocycles. The highest BCUT2D eigenvalue weighted by atomic mass is 32.2. The Balaban J connectivity index is 0.984. The van der Waals surface area contributed by atoms with Crippen molar-refractivity contribution in [2.75, 3.05) is 4.90 Å². The van der Waals surface area contributed by atoms with Gasteiger partial charge in [-0.2, -0.15) is 0 Å². The van der Waals surface area contributed by atoms with Gasteiger partial charge in [0.25, 0.3) is 0 Å². The highest BCUT2D eigenvalue weighted by molar-refractivity contribution is 8.03. The summed E-state index contributed by atoms with van der Waals surface area (Å²) < 4.78 is 1.38. The molecule has 1 aromatic heterocycles. The average molecular weight is 690 g/mol. The number of hydrogen-bond donors (Lipinski definition) is 0. The van der Waals surface area contributed by atoms with E-state index in [9.17, 15) is 0 Å². The standard InChI is InChI=1S/C48H35NS2/c1-2-9-37-30(8-1)16-17-32-20-25-38-36(12-7-13-41(38)48(32)37)31-18-21-33(22-19-31)49(34-23-26-46-42(28-34)39-10-3-5-14-44(39)50-46)35-24-27-47-43(29-35)40-11-4-6-15-45(40)51-47/h1-11,13-27,34,36,43H,12,28-29H2. The zero-order valence-electron chi connectivity index (χ0n) is 28.1. The fourth-order valence-corrected chi connectivity index (χ4v) is 11.5. The Hall–Kier alpha value is -5.09. The molecule has 0 amide bonds. The molecule has 3 atom stereocenters. The van der Waals surface area contributed by atoms with Crippen LogP contribution in [0.3, 0.4) is 0 Å². The predicted molar refractivity (Wildman–Crippen MR) is 220 cm³/mol. The van der Waals surface area contributed by atoms with Crippen LogP contribution in [0.4, 0.5) is 5.69 Å². The van der Waals surface area contributed by atoms with Crippen LogP contribution < -0.4 is 4.90 Å². The zero-order chi connectivity index (χ0) is 33.5. The molecule has 1 aliphatic heterocycles. The third-order valence-electron chi connectivity index (χ3n) is 11.6. The molecular weight excluding hydrogens is 655 g/mol. The van der Waals surface area contributed by atoms with E-state index in [1.807, 2.05) is 23.1 Å². The molecule has 0 N–H and O–H groups in total. The summed E-state index contributed by atoms with van der Waals surface area (Å²) in [5.74, 6) is 0.756. The third-order valence-corrected chi connectivity index (χ3v) is 14.0. The number of rotatable bonds is 4. The van der Waals surface area contributed by atoms with E-state index in [-0.39, 0.29) is 6.04 Å². The Labute approximate surface area is 306 Å². The molecule has 0 spiro atoms. The van der Waals surface area contributed by atoms with Crippen LogP contribution in [0.2, 0.25) is 0 Å². The summed E-state index contributed by atoms with van der Waals surface area (Å²) in [6, 6.07) is 45.8. The van der Waals surface area contributed by atoms with Crippen molar-refractivity contribution in [2.45, 2.75) is 42.0 Å². The second-order valence-corrected chi connectivity index (χ2v) is 16.5. The first-order chi connectivity index (χ1) is 25.3. The quantitative estimate of drug-likeness (QED) is 0.169. The fourth-order valence-electron chi connectivity index (χ4n) is 9.15. The Morgan fingerprint density at radius 3 is 2.37 bits per heavy atom. The fraction of sp³-hybridized carbons (Fsp3) is 0.125. The highest BCUT2D eigenvalue weighted by Crippen LogP contribution is 2.53. The van der Waals surface area contributed by atoms with Crippen LogP contribution in [-0.2, 0) is 6.42 Å². The van der Waals surface area contributed by atoms with Crippen LogP contribution in [0.25, 0.3) is 43.8 Å². The minimum atomic E-state index is 0.241. The summed E-state index contributed by atoms with van der Waals surface area (Å²) in [6.07, 6.45) is 17.4. The summed E-state index contributed by atoms with van der Waals surface area (Å²) in [5.41, 5.74) is 9.83. The minimum Gasteiger partial charge on any atom is -0.338 e. The third kappa shape index (κ3) is 4.75. The lowest BCUT2D eigenvalue weighted by molar-refractivity contribution is 0.684. The van der Waals surface area contributed by atoms with E-state index in [4.69, 9.17) is 0 Å². The number of hydrogen-bond acceptors (Lipinski definition) is 3. The number of fused-ring (bicyclic) bond motifs is 11. The van der Waals surface area contributed by atoms with Crippen LogP contribution in [0, 0.1) is 0 Å². The maximum absolute atomic E-state index is 2.66. The normalized spacial score (nSPS) is 20.1. The topological polar surface area (TPSA) is 3.24 Å². The van der Waals surface area contributed by atoms with E-state index < -0.39 is 0 Å². The van der Waals surface area contributed by atoms with Gasteiger partial charge in [-0.25, -0.2) is 0 Å². The van der Waals surface area contributed by atoms with Crippen LogP contribution in [0.15, 0.2) is 161 Å². The summed E-state index contributed by atoms with van der Waals surface area (Å²) in [7, 11) is 0. The smallest absolute Gasteiger partial charge is 0.0563 e. The number of thiophene rings is 1. The maximum Gasteiger partial charge on any atom is 0.0563 e. The second kappa shape index (κ2) is 11.7. The van der Waals surface area contributed by atoms with Crippen LogP contribution in [-0.4, -0.2) is 6.04 Å². The lowest BCUT2D eigenvalue weighted by Crippen LogP contribution is -2.37. The Morgan fingerprint density at radius 1 is 0.627 bits per heavy atom. The predicted octanol–water partition coefficient (Wildman–Crippen LogP) is 13.3. The van der Waals surface area contributed by atoms with Crippen LogP contribution in [0.1, 0.15) is 57.4 Å². The van der Waals surface area contributed by atoms with Crippen molar-refractivity contribution in [3.63, 3.8) is 0 Å². The van der Waals surface area contributed by atoms with E-state index in [0.717, 1.165) is 19.3 Å². The van der Waals surface area contributed by atoms with Gasteiger partial charge in [-0.15, -0.1) is 11.3 Å². The number of nitrogens with zero attached hydrogens (tertiary/aromatic N) is 1. The van der Waals surface area contributed by atoms with E-state index in [1.165, 1.54) is 85.5 Å². The van der Waals surface area contributed by atoms with Gasteiger partial charge in [0.1, 0.15) is 0 Å². The molecule has 0 radical (unpaired) electrons. The Bertz CT molecular complexity index is 2670. The minimum absolute atomic E-state index is 0.241. The summed E-state index contributed by atoms with van der Waals surface area (Å²) >= 11 is 3.88. The number of allylic oxidation sites excluding steroid dienone is 5. The van der Waals surface area contributed by atoms with Crippen molar-refractivity contribution in [3.8, 4) is 0 Å². The number of anilines is 1. The van der Waals surface area contributed by atoms with E-state index in [2.05, 4.69) is 163 Å². The van der Waals surface area contributed by atoms with E-state index in [0.29, 0.717) is 11.8 Å². The Kier molecular flexibility index (Phi) is 6.81. The molecule has 4 aliphatic rings. The molecule has 11 rings (SSSR count). The Morgan fingerprint density at radius 2 is 1.43 bits per heavy atom. The zero-order valence-corrected chi connectivity index (χ0v) is 29.8. The molecule has 3 aliphatic carbocycles. The number of thioether (sulfide) groups is 1. The van der Waals surface area contributed by atoms with Crippen molar-refractivity contribution < 1.29 is 0 Å². The molecule has 0 bridgehead atoms. The molecule has 244 valence electrons. The molecule has 0 fully saturated rings. The van der Waals surface area contributed by atoms with Crippen molar-refractivity contribution in [2.24, 2.45) is 0 Å². The van der Waals surface area contributed by atoms with Crippen molar-refractivity contribution in [1.82, 2.24) is 0 Å². The second-order valence-electron chi connectivity index (χ2n) is 14.3. The first-order valence-corrected chi connectivity index (χ1v) is 19.8. The summed E-state index contributed by atoms with van der Waals surface area (Å²) in [4.78, 5) is 6.95. The molecule has 3 unspecified atom stereocenters. The molecule has 2 heterocycles. The summed E-state index contributed by atoms with van der Waals surface area (Å²) in [5, 5.41) is 6.74. The highest BCUT2D eigenvalue weighted by Gasteiger charge is 2.34. The maximum atomic E-state index is 2.66. The summed E-state index contributed by atoms with van der Waals surface area (Å²) in [6.45, 7) is 0. The van der Waals surface area contributed by atoms with Gasteiger partial charge >= 0.3 is 0 Å². The van der Waals surface area contributed by atoms with Crippen LogP contribution in [0.5, 0.6) is 0 Å². The lowest BCUT2D eigenvalue weighted by Gasteiger charge is -2.38. The average Bonchev–Trinajstić information content (AvgIpc) is 3.76. The van der Waals surface area contributed by atoms with Crippen molar-refractivity contribution in [3.05, 3.63) is 189 Å². The van der Waals surface area contributed by atoms with Crippen molar-refractivity contribution in [1.29, 1.82) is 0 Å². The first kappa shape index (κ1) is 29.6. The van der Waals surface area contributed by atoms with Gasteiger partial charge < -0.3 is 4.90 Å². The molecule has 6 aromatic carbocycles. The molecule has 51 heavy (non-hydrogen) atoms. The molecule has 0 saturated heterocycles. The molecule has 1 nitrogen and oxygen atoms in total. The molecular formula is C48H35NS2. The molecule has 7 aromatic rings. The van der Waals surface area contributed by atoms with Gasteiger partial charge in [-0.1, -0.05) is 127 Å². The first-order valence-electron chi connectivity index (χ1n) is 18.1. The largest absolute Gasteiger partial charge is 0.338 e. The van der Waals surface area contributed by atoms with Gasteiger partial charge in [0.15, 0.2) is 0 Å². The molecule has 3 heteroatoms. The van der Waals surface area contributed by atoms with Gasteiger partial charge in [-0.05, 0) is 121 Å². The van der Waals surface area contributed by atoms with Gasteiger partial charge in [0, 0.05) is 37.7 Å². The van der Waals surface area contributed by atoms with Crippen molar-refractivity contribution >= 4 is 72.6 Å². The monoisotopic (exact) mass is 689 g/mol. The number of benzene rings is 6.